The molecule has 1 unspecified atom stereocenters. The Bertz CT molecular complexity index is 900. The Morgan fingerprint density at radius 2 is 1.38 bits per heavy atom. The predicted octanol–water partition coefficient (Wildman–Crippen LogP) is 6.17. The molecule has 4 heteroatoms. The highest BCUT2D eigenvalue weighted by molar-refractivity contribution is 9.10. The molecule has 4 rings (SSSR count). The van der Waals surface area contributed by atoms with Crippen LogP contribution >= 0.6 is 31.9 Å². The SMILES string of the molecule is Brc1ccc(C2=NC(c3ccc(Br)cc3)Nc3ccccc32)cc1. The van der Waals surface area contributed by atoms with Crippen LogP contribution in [0.4, 0.5) is 5.69 Å². The summed E-state index contributed by atoms with van der Waals surface area (Å²) in [5, 5.41) is 3.53. The molecule has 1 aliphatic rings. The lowest BCUT2D eigenvalue weighted by Crippen LogP contribution is -2.20. The third kappa shape index (κ3) is 3.04. The minimum atomic E-state index is -0.0911. The van der Waals surface area contributed by atoms with E-state index in [0.717, 1.165) is 37.0 Å². The van der Waals surface area contributed by atoms with E-state index in [-0.39, 0.29) is 6.17 Å². The smallest absolute Gasteiger partial charge is 0.145 e. The van der Waals surface area contributed by atoms with E-state index in [9.17, 15) is 0 Å². The van der Waals surface area contributed by atoms with Crippen molar-refractivity contribution in [2.24, 2.45) is 4.99 Å². The number of benzene rings is 3. The zero-order valence-electron chi connectivity index (χ0n) is 12.7. The fourth-order valence-corrected chi connectivity index (χ4v) is 3.36. The number of nitrogens with one attached hydrogen (secondary N) is 1. The predicted molar refractivity (Wildman–Crippen MR) is 107 cm³/mol. The van der Waals surface area contributed by atoms with Crippen LogP contribution in [0.1, 0.15) is 22.9 Å². The summed E-state index contributed by atoms with van der Waals surface area (Å²) in [5.41, 5.74) is 5.52. The zero-order valence-corrected chi connectivity index (χ0v) is 15.9. The van der Waals surface area contributed by atoms with Gasteiger partial charge in [-0.2, -0.15) is 0 Å². The molecule has 0 fully saturated rings. The van der Waals surface area contributed by atoms with Crippen LogP contribution in [-0.2, 0) is 0 Å². The summed E-state index contributed by atoms with van der Waals surface area (Å²) in [6.07, 6.45) is -0.0911. The van der Waals surface area contributed by atoms with E-state index in [4.69, 9.17) is 4.99 Å². The van der Waals surface area contributed by atoms with Gasteiger partial charge in [0.05, 0.1) is 5.71 Å². The first kappa shape index (κ1) is 15.6. The number of fused-ring (bicyclic) bond motifs is 1. The number of hydrogen-bond acceptors (Lipinski definition) is 2. The van der Waals surface area contributed by atoms with Gasteiger partial charge in [0.15, 0.2) is 0 Å². The second-order valence-electron chi connectivity index (χ2n) is 5.63. The maximum Gasteiger partial charge on any atom is 0.145 e. The van der Waals surface area contributed by atoms with Crippen LogP contribution < -0.4 is 5.32 Å². The molecule has 1 N–H and O–H groups in total. The lowest BCUT2D eigenvalue weighted by molar-refractivity contribution is 0.828. The molecule has 1 aliphatic heterocycles. The highest BCUT2D eigenvalue weighted by Crippen LogP contribution is 2.32. The molecule has 0 radical (unpaired) electrons. The Morgan fingerprint density at radius 1 is 0.750 bits per heavy atom. The Morgan fingerprint density at radius 3 is 2.08 bits per heavy atom. The zero-order chi connectivity index (χ0) is 16.5. The van der Waals surface area contributed by atoms with Crippen molar-refractivity contribution in [1.82, 2.24) is 0 Å². The molecule has 2 nitrogen and oxygen atoms in total. The number of rotatable bonds is 2. The average molecular weight is 442 g/mol. The number of hydrogen-bond donors (Lipinski definition) is 1. The van der Waals surface area contributed by atoms with Crippen LogP contribution in [0.25, 0.3) is 0 Å². The Labute approximate surface area is 157 Å². The maximum absolute atomic E-state index is 5.00. The van der Waals surface area contributed by atoms with E-state index in [1.54, 1.807) is 0 Å². The summed E-state index contributed by atoms with van der Waals surface area (Å²) in [6.45, 7) is 0. The van der Waals surface area contributed by atoms with E-state index < -0.39 is 0 Å². The van der Waals surface area contributed by atoms with Gasteiger partial charge in [-0.3, -0.25) is 4.99 Å². The number of aliphatic imine (C=N–C) groups is 1. The largest absolute Gasteiger partial charge is 0.360 e. The van der Waals surface area contributed by atoms with Crippen LogP contribution in [0.2, 0.25) is 0 Å². The monoisotopic (exact) mass is 440 g/mol. The third-order valence-electron chi connectivity index (χ3n) is 4.04. The van der Waals surface area contributed by atoms with Crippen molar-refractivity contribution >= 4 is 43.3 Å². The van der Waals surface area contributed by atoms with Gasteiger partial charge < -0.3 is 5.32 Å². The van der Waals surface area contributed by atoms with Crippen molar-refractivity contribution in [3.05, 3.63) is 98.4 Å². The van der Waals surface area contributed by atoms with Crippen molar-refractivity contribution in [3.63, 3.8) is 0 Å². The van der Waals surface area contributed by atoms with Gasteiger partial charge in [0, 0.05) is 25.8 Å². The summed E-state index contributed by atoms with van der Waals surface area (Å²) in [4.78, 5) is 5.00. The molecule has 0 bridgehead atoms. The first-order valence-electron chi connectivity index (χ1n) is 7.66. The lowest BCUT2D eigenvalue weighted by atomic mass is 9.97. The van der Waals surface area contributed by atoms with Gasteiger partial charge in [-0.1, -0.05) is 74.3 Å². The van der Waals surface area contributed by atoms with Crippen molar-refractivity contribution in [3.8, 4) is 0 Å². The van der Waals surface area contributed by atoms with E-state index >= 15 is 0 Å². The van der Waals surface area contributed by atoms with Crippen LogP contribution in [0.15, 0.2) is 86.7 Å². The van der Waals surface area contributed by atoms with Gasteiger partial charge in [0.25, 0.3) is 0 Å². The molecule has 1 heterocycles. The fraction of sp³-hybridized carbons (Fsp3) is 0.0500. The number of para-hydroxylation sites is 1. The number of anilines is 1. The van der Waals surface area contributed by atoms with Crippen LogP contribution in [0, 0.1) is 0 Å². The highest BCUT2D eigenvalue weighted by Gasteiger charge is 2.22. The quantitative estimate of drug-likeness (QED) is 0.504. The fourth-order valence-electron chi connectivity index (χ4n) is 2.83. The first-order chi connectivity index (χ1) is 11.7. The van der Waals surface area contributed by atoms with Crippen molar-refractivity contribution in [2.75, 3.05) is 5.32 Å². The van der Waals surface area contributed by atoms with E-state index in [0.29, 0.717) is 0 Å². The highest BCUT2D eigenvalue weighted by atomic mass is 79.9. The standard InChI is InChI=1S/C20H14Br2N2/c21-15-9-5-13(6-10-15)19-17-3-1-2-4-18(17)23-20(24-19)14-7-11-16(22)12-8-14/h1-12,20,23H. The molecule has 0 saturated heterocycles. The summed E-state index contributed by atoms with van der Waals surface area (Å²) >= 11 is 6.99. The lowest BCUT2D eigenvalue weighted by Gasteiger charge is -2.26. The molecular weight excluding hydrogens is 428 g/mol. The number of halogens is 2. The molecular formula is C20H14Br2N2. The second-order valence-corrected chi connectivity index (χ2v) is 7.46. The van der Waals surface area contributed by atoms with E-state index in [2.05, 4.69) is 97.8 Å². The minimum absolute atomic E-state index is 0.0911. The average Bonchev–Trinajstić information content (AvgIpc) is 2.62. The molecule has 0 amide bonds. The molecule has 0 aliphatic carbocycles. The van der Waals surface area contributed by atoms with Crippen molar-refractivity contribution in [1.29, 1.82) is 0 Å². The van der Waals surface area contributed by atoms with Crippen molar-refractivity contribution in [2.45, 2.75) is 6.17 Å². The van der Waals surface area contributed by atoms with E-state index in [1.165, 1.54) is 0 Å². The molecule has 118 valence electrons. The second kappa shape index (κ2) is 6.54. The van der Waals surface area contributed by atoms with Gasteiger partial charge in [-0.15, -0.1) is 0 Å². The van der Waals surface area contributed by atoms with Crippen LogP contribution in [0.3, 0.4) is 0 Å². The summed E-state index contributed by atoms with van der Waals surface area (Å²) < 4.78 is 2.14. The van der Waals surface area contributed by atoms with Gasteiger partial charge in [-0.05, 0) is 35.9 Å². The minimum Gasteiger partial charge on any atom is -0.360 e. The van der Waals surface area contributed by atoms with Crippen molar-refractivity contribution < 1.29 is 0 Å². The summed E-state index contributed by atoms with van der Waals surface area (Å²) in [5.74, 6) is 0. The first-order valence-corrected chi connectivity index (χ1v) is 9.24. The molecule has 1 atom stereocenters. The Balaban J connectivity index is 1.83. The maximum atomic E-state index is 5.00. The van der Waals surface area contributed by atoms with Crippen LogP contribution in [-0.4, -0.2) is 5.71 Å². The Kier molecular flexibility index (Phi) is 4.25. The summed E-state index contributed by atoms with van der Waals surface area (Å²) in [7, 11) is 0. The van der Waals surface area contributed by atoms with E-state index in [1.807, 2.05) is 12.1 Å². The third-order valence-corrected chi connectivity index (χ3v) is 5.09. The molecule has 3 aromatic carbocycles. The van der Waals surface area contributed by atoms with Crippen LogP contribution in [0.5, 0.6) is 0 Å². The van der Waals surface area contributed by atoms with Gasteiger partial charge in [0.2, 0.25) is 0 Å². The normalized spacial score (nSPS) is 16.1. The molecule has 24 heavy (non-hydrogen) atoms. The molecule has 0 aromatic heterocycles. The molecule has 3 aromatic rings. The number of nitrogens with zero attached hydrogens (tertiary/aromatic N) is 1. The molecule has 0 spiro atoms. The van der Waals surface area contributed by atoms with Gasteiger partial charge >= 0.3 is 0 Å². The van der Waals surface area contributed by atoms with Gasteiger partial charge in [0.1, 0.15) is 6.17 Å². The molecule has 0 saturated carbocycles. The summed E-state index contributed by atoms with van der Waals surface area (Å²) in [6, 6.07) is 24.9. The topological polar surface area (TPSA) is 24.4 Å². The Hall–Kier alpha value is -1.91. The van der Waals surface area contributed by atoms with Gasteiger partial charge in [-0.25, -0.2) is 0 Å².